The van der Waals surface area contributed by atoms with Crippen molar-refractivity contribution >= 4 is 33.2 Å². The Labute approximate surface area is 134 Å². The van der Waals surface area contributed by atoms with Gasteiger partial charge in [-0.3, -0.25) is 0 Å². The van der Waals surface area contributed by atoms with Gasteiger partial charge in [0.25, 0.3) is 0 Å². The first kappa shape index (κ1) is 15.4. The Hall–Kier alpha value is -0.990. The summed E-state index contributed by atoms with van der Waals surface area (Å²) in [6, 6.07) is 14.7. The summed E-state index contributed by atoms with van der Waals surface area (Å²) in [5.41, 5.74) is 3.70. The zero-order chi connectivity index (χ0) is 14.5. The Kier molecular flexibility index (Phi) is 5.50. The quantitative estimate of drug-likeness (QED) is 0.672. The lowest BCUT2D eigenvalue weighted by atomic mass is 9.99. The van der Waals surface area contributed by atoms with Gasteiger partial charge in [0.1, 0.15) is 0 Å². The van der Waals surface area contributed by atoms with Crippen molar-refractivity contribution in [2.45, 2.75) is 32.7 Å². The van der Waals surface area contributed by atoms with Crippen molar-refractivity contribution in [3.63, 3.8) is 0 Å². The van der Waals surface area contributed by atoms with Gasteiger partial charge in [0.05, 0.1) is 5.02 Å². The summed E-state index contributed by atoms with van der Waals surface area (Å²) in [5.74, 6) is 0.620. The van der Waals surface area contributed by atoms with Gasteiger partial charge in [-0.25, -0.2) is 0 Å². The van der Waals surface area contributed by atoms with Crippen molar-refractivity contribution < 1.29 is 0 Å². The topological polar surface area (TPSA) is 12.0 Å². The van der Waals surface area contributed by atoms with Crippen molar-refractivity contribution in [1.82, 2.24) is 0 Å². The highest BCUT2D eigenvalue weighted by Gasteiger charge is 2.03. The Balaban J connectivity index is 1.98. The minimum absolute atomic E-state index is 0.620. The number of hydrogen-bond donors (Lipinski definition) is 1. The number of halogens is 2. The maximum absolute atomic E-state index is 6.09. The summed E-state index contributed by atoms with van der Waals surface area (Å²) in [6.07, 6.45) is 1.17. The molecule has 2 aromatic rings. The minimum atomic E-state index is 0.620. The molecule has 0 radical (unpaired) electrons. The molecule has 2 aromatic carbocycles. The predicted molar refractivity (Wildman–Crippen MR) is 91.6 cm³/mol. The summed E-state index contributed by atoms with van der Waals surface area (Å²) >= 11 is 9.49. The van der Waals surface area contributed by atoms with Crippen LogP contribution in [0.1, 0.15) is 37.3 Å². The van der Waals surface area contributed by atoms with E-state index in [2.05, 4.69) is 65.4 Å². The molecule has 0 saturated carbocycles. The van der Waals surface area contributed by atoms with E-state index in [-0.39, 0.29) is 0 Å². The first-order chi connectivity index (χ1) is 9.60. The van der Waals surface area contributed by atoms with Gasteiger partial charge in [-0.15, -0.1) is 0 Å². The van der Waals surface area contributed by atoms with E-state index < -0.39 is 0 Å². The fourth-order valence-electron chi connectivity index (χ4n) is 2.02. The molecule has 106 valence electrons. The van der Waals surface area contributed by atoms with E-state index in [0.29, 0.717) is 5.92 Å². The van der Waals surface area contributed by atoms with Gasteiger partial charge in [0, 0.05) is 16.7 Å². The van der Waals surface area contributed by atoms with Crippen molar-refractivity contribution in [1.29, 1.82) is 0 Å². The molecule has 0 saturated heterocycles. The van der Waals surface area contributed by atoms with E-state index in [9.17, 15) is 0 Å². The number of benzene rings is 2. The molecular weight excluding hydrogens is 334 g/mol. The van der Waals surface area contributed by atoms with Crippen LogP contribution in [0.5, 0.6) is 0 Å². The van der Waals surface area contributed by atoms with E-state index in [0.717, 1.165) is 21.7 Å². The van der Waals surface area contributed by atoms with E-state index in [1.54, 1.807) is 0 Å². The third-order valence-corrected chi connectivity index (χ3v) is 4.81. The fraction of sp³-hybridized carbons (Fsp3) is 0.294. The molecule has 1 N–H and O–H groups in total. The molecule has 0 aliphatic rings. The van der Waals surface area contributed by atoms with Crippen LogP contribution in [0.2, 0.25) is 5.02 Å². The van der Waals surface area contributed by atoms with Crippen LogP contribution < -0.4 is 5.32 Å². The summed E-state index contributed by atoms with van der Waals surface area (Å²) in [7, 11) is 0. The molecule has 0 spiro atoms. The second-order valence-electron chi connectivity index (χ2n) is 5.03. The molecule has 20 heavy (non-hydrogen) atoms. The first-order valence-electron chi connectivity index (χ1n) is 6.88. The fourth-order valence-corrected chi connectivity index (χ4v) is 2.47. The second-order valence-corrected chi connectivity index (χ2v) is 6.29. The smallest absolute Gasteiger partial charge is 0.0551 e. The Morgan fingerprint density at radius 2 is 1.85 bits per heavy atom. The highest BCUT2D eigenvalue weighted by atomic mass is 79.9. The van der Waals surface area contributed by atoms with E-state index in [1.165, 1.54) is 17.5 Å². The zero-order valence-corrected chi connectivity index (χ0v) is 14.1. The van der Waals surface area contributed by atoms with Crippen LogP contribution in [-0.4, -0.2) is 0 Å². The molecule has 0 heterocycles. The van der Waals surface area contributed by atoms with Gasteiger partial charge in [0.15, 0.2) is 0 Å². The Bertz CT molecular complexity index is 566. The average Bonchev–Trinajstić information content (AvgIpc) is 2.48. The Morgan fingerprint density at radius 1 is 1.15 bits per heavy atom. The van der Waals surface area contributed by atoms with Crippen molar-refractivity contribution in [2.24, 2.45) is 0 Å². The van der Waals surface area contributed by atoms with Crippen molar-refractivity contribution in [3.05, 3.63) is 63.1 Å². The third kappa shape index (κ3) is 4.00. The minimum Gasteiger partial charge on any atom is -0.381 e. The van der Waals surface area contributed by atoms with E-state index >= 15 is 0 Å². The SMILES string of the molecule is CCC(C)c1ccc(NCc2ccc(Br)c(Cl)c2)cc1. The van der Waals surface area contributed by atoms with Gasteiger partial charge in [-0.2, -0.15) is 0 Å². The molecule has 0 fully saturated rings. The van der Waals surface area contributed by atoms with Crippen LogP contribution in [0.25, 0.3) is 0 Å². The molecule has 2 rings (SSSR count). The lowest BCUT2D eigenvalue weighted by molar-refractivity contribution is 0.734. The number of rotatable bonds is 5. The number of hydrogen-bond acceptors (Lipinski definition) is 1. The molecule has 1 unspecified atom stereocenters. The van der Waals surface area contributed by atoms with E-state index in [1.807, 2.05) is 12.1 Å². The van der Waals surface area contributed by atoms with Crippen molar-refractivity contribution in [2.75, 3.05) is 5.32 Å². The third-order valence-electron chi connectivity index (χ3n) is 3.57. The molecule has 1 nitrogen and oxygen atoms in total. The maximum Gasteiger partial charge on any atom is 0.0551 e. The first-order valence-corrected chi connectivity index (χ1v) is 8.05. The number of nitrogens with one attached hydrogen (secondary N) is 1. The zero-order valence-electron chi connectivity index (χ0n) is 11.8. The van der Waals surface area contributed by atoms with E-state index in [4.69, 9.17) is 11.6 Å². The summed E-state index contributed by atoms with van der Waals surface area (Å²) in [6.45, 7) is 5.25. The molecule has 0 aliphatic carbocycles. The van der Waals surface area contributed by atoms with Gasteiger partial charge in [0.2, 0.25) is 0 Å². The maximum atomic E-state index is 6.09. The van der Waals surface area contributed by atoms with Crippen molar-refractivity contribution in [3.8, 4) is 0 Å². The van der Waals surface area contributed by atoms with Crippen LogP contribution in [0.4, 0.5) is 5.69 Å². The van der Waals surface area contributed by atoms with Gasteiger partial charge >= 0.3 is 0 Å². The normalized spacial score (nSPS) is 12.2. The summed E-state index contributed by atoms with van der Waals surface area (Å²) in [4.78, 5) is 0. The number of anilines is 1. The average molecular weight is 353 g/mol. The van der Waals surface area contributed by atoms with Crippen LogP contribution in [0.3, 0.4) is 0 Å². The molecule has 0 aliphatic heterocycles. The summed E-state index contributed by atoms with van der Waals surface area (Å²) < 4.78 is 0.931. The van der Waals surface area contributed by atoms with Crippen LogP contribution >= 0.6 is 27.5 Å². The molecule has 0 bridgehead atoms. The second kappa shape index (κ2) is 7.14. The standard InChI is InChI=1S/C17H19BrClN/c1-3-12(2)14-5-7-15(8-6-14)20-11-13-4-9-16(18)17(19)10-13/h4-10,12,20H,3,11H2,1-2H3. The monoisotopic (exact) mass is 351 g/mol. The largest absolute Gasteiger partial charge is 0.381 e. The lowest BCUT2D eigenvalue weighted by Gasteiger charge is -2.11. The molecule has 0 aromatic heterocycles. The highest BCUT2D eigenvalue weighted by molar-refractivity contribution is 9.10. The predicted octanol–water partition coefficient (Wildman–Crippen LogP) is 6.23. The highest BCUT2D eigenvalue weighted by Crippen LogP contribution is 2.24. The molecule has 3 heteroatoms. The van der Waals surface area contributed by atoms with Crippen LogP contribution in [-0.2, 0) is 6.54 Å². The van der Waals surface area contributed by atoms with Crippen LogP contribution in [0, 0.1) is 0 Å². The Morgan fingerprint density at radius 3 is 2.45 bits per heavy atom. The van der Waals surface area contributed by atoms with Gasteiger partial charge in [-0.05, 0) is 63.7 Å². The van der Waals surface area contributed by atoms with Gasteiger partial charge in [-0.1, -0.05) is 43.6 Å². The van der Waals surface area contributed by atoms with Gasteiger partial charge < -0.3 is 5.32 Å². The van der Waals surface area contributed by atoms with Crippen LogP contribution in [0.15, 0.2) is 46.9 Å². The lowest BCUT2D eigenvalue weighted by Crippen LogP contribution is -2.00. The molecule has 0 amide bonds. The molecular formula is C17H19BrClN. The molecule has 1 atom stereocenters. The summed E-state index contributed by atoms with van der Waals surface area (Å²) in [5, 5.41) is 4.16.